The maximum Gasteiger partial charge on any atom is 0.319 e. The Hall–Kier alpha value is -1.77. The first kappa shape index (κ1) is 20.0. The quantitative estimate of drug-likeness (QED) is 0.518. The molecule has 7 nitrogen and oxygen atoms in total. The molecular weight excluding hydrogens is 392 g/mol. The standard InChI is InChI=1S/C18H23ClN2O5S/c1-11-4-3-5-13(11)20-17(23)21-14-7-6-12(19)16(15(14)22)27(24,25)18(2)8-9-26-10-18/h4,6-7,13,22H,3,5,8-10H2,1-2H3,(H2,20,21,23)/t13-,18?/m0/s1. The van der Waals surface area contributed by atoms with Crippen LogP contribution in [0.3, 0.4) is 0 Å². The summed E-state index contributed by atoms with van der Waals surface area (Å²) < 4.78 is 30.3. The van der Waals surface area contributed by atoms with Crippen molar-refractivity contribution >= 4 is 33.2 Å². The number of hydrogen-bond acceptors (Lipinski definition) is 5. The van der Waals surface area contributed by atoms with E-state index < -0.39 is 26.4 Å². The van der Waals surface area contributed by atoms with Gasteiger partial charge in [0.05, 0.1) is 28.1 Å². The van der Waals surface area contributed by atoms with Gasteiger partial charge in [-0.15, -0.1) is 0 Å². The first-order valence-corrected chi connectivity index (χ1v) is 10.6. The predicted octanol–water partition coefficient (Wildman–Crippen LogP) is 3.23. The third-order valence-corrected chi connectivity index (χ3v) is 8.21. The number of phenols is 1. The number of amides is 2. The fraction of sp³-hybridized carbons (Fsp3) is 0.500. The van der Waals surface area contributed by atoms with Gasteiger partial charge in [-0.3, -0.25) is 0 Å². The van der Waals surface area contributed by atoms with Gasteiger partial charge in [0.15, 0.2) is 15.6 Å². The lowest BCUT2D eigenvalue weighted by Gasteiger charge is -2.24. The molecule has 3 rings (SSSR count). The van der Waals surface area contributed by atoms with Gasteiger partial charge in [0.1, 0.15) is 4.90 Å². The molecule has 0 saturated carbocycles. The average Bonchev–Trinajstić information content (AvgIpc) is 3.20. The molecule has 1 aliphatic carbocycles. The van der Waals surface area contributed by atoms with E-state index in [1.165, 1.54) is 12.1 Å². The number of carbonyl (C=O) groups excluding carboxylic acids is 1. The molecule has 1 aromatic rings. The van der Waals surface area contributed by atoms with Crippen LogP contribution in [0.1, 0.15) is 33.1 Å². The highest BCUT2D eigenvalue weighted by atomic mass is 35.5. The summed E-state index contributed by atoms with van der Waals surface area (Å²) in [7, 11) is -3.98. The van der Waals surface area contributed by atoms with E-state index in [9.17, 15) is 18.3 Å². The van der Waals surface area contributed by atoms with Crippen LogP contribution in [0.2, 0.25) is 5.02 Å². The van der Waals surface area contributed by atoms with E-state index in [1.807, 2.05) is 6.92 Å². The molecule has 1 heterocycles. The van der Waals surface area contributed by atoms with E-state index in [1.54, 1.807) is 6.92 Å². The lowest BCUT2D eigenvalue weighted by Crippen LogP contribution is -2.37. The number of ether oxygens (including phenoxy) is 1. The molecule has 1 unspecified atom stereocenters. The van der Waals surface area contributed by atoms with Gasteiger partial charge in [-0.05, 0) is 45.2 Å². The second kappa shape index (κ2) is 7.33. The van der Waals surface area contributed by atoms with Crippen LogP contribution in [0.25, 0.3) is 0 Å². The summed E-state index contributed by atoms with van der Waals surface area (Å²) in [4.78, 5) is 11.9. The van der Waals surface area contributed by atoms with Crippen molar-refractivity contribution in [1.29, 1.82) is 0 Å². The molecule has 0 spiro atoms. The Morgan fingerprint density at radius 3 is 2.74 bits per heavy atom. The van der Waals surface area contributed by atoms with Crippen LogP contribution >= 0.6 is 11.6 Å². The molecule has 148 valence electrons. The van der Waals surface area contributed by atoms with Gasteiger partial charge in [0.2, 0.25) is 0 Å². The van der Waals surface area contributed by atoms with Crippen LogP contribution in [0.5, 0.6) is 5.75 Å². The molecule has 0 bridgehead atoms. The summed E-state index contributed by atoms with van der Waals surface area (Å²) in [5.74, 6) is -0.565. The molecule has 9 heteroatoms. The Labute approximate surface area is 163 Å². The number of hydrogen-bond donors (Lipinski definition) is 3. The van der Waals surface area contributed by atoms with Crippen LogP contribution in [0.4, 0.5) is 10.5 Å². The first-order chi connectivity index (χ1) is 12.7. The number of carbonyl (C=O) groups is 1. The van der Waals surface area contributed by atoms with Crippen molar-refractivity contribution in [1.82, 2.24) is 5.32 Å². The number of benzene rings is 1. The zero-order valence-corrected chi connectivity index (χ0v) is 16.8. The maximum atomic E-state index is 13.1. The number of sulfone groups is 1. The fourth-order valence-electron chi connectivity index (χ4n) is 3.36. The van der Waals surface area contributed by atoms with Crippen LogP contribution in [-0.4, -0.2) is 43.6 Å². The van der Waals surface area contributed by atoms with E-state index in [0.29, 0.717) is 13.0 Å². The van der Waals surface area contributed by atoms with E-state index in [-0.39, 0.29) is 28.3 Å². The Morgan fingerprint density at radius 2 is 2.15 bits per heavy atom. The fourth-order valence-corrected chi connectivity index (χ4v) is 5.59. The van der Waals surface area contributed by atoms with Gasteiger partial charge in [-0.25, -0.2) is 13.2 Å². The van der Waals surface area contributed by atoms with E-state index in [2.05, 4.69) is 16.7 Å². The lowest BCUT2D eigenvalue weighted by atomic mass is 10.1. The predicted molar refractivity (Wildman–Crippen MR) is 103 cm³/mol. The highest BCUT2D eigenvalue weighted by Crippen LogP contribution is 2.43. The van der Waals surface area contributed by atoms with Crippen molar-refractivity contribution in [3.8, 4) is 5.75 Å². The summed E-state index contributed by atoms with van der Waals surface area (Å²) in [5, 5.41) is 15.8. The highest BCUT2D eigenvalue weighted by Gasteiger charge is 2.46. The molecule has 0 radical (unpaired) electrons. The Kier molecular flexibility index (Phi) is 5.42. The summed E-state index contributed by atoms with van der Waals surface area (Å²) in [5.41, 5.74) is 1.06. The first-order valence-electron chi connectivity index (χ1n) is 8.74. The molecule has 3 N–H and O–H groups in total. The molecule has 1 saturated heterocycles. The van der Waals surface area contributed by atoms with Gasteiger partial charge < -0.3 is 20.5 Å². The largest absolute Gasteiger partial charge is 0.504 e. The molecule has 2 atom stereocenters. The third-order valence-electron chi connectivity index (χ3n) is 5.21. The second-order valence-corrected chi connectivity index (χ2v) is 10.0. The summed E-state index contributed by atoms with van der Waals surface area (Å²) in [6.45, 7) is 3.85. The van der Waals surface area contributed by atoms with Crippen molar-refractivity contribution in [3.05, 3.63) is 28.8 Å². The van der Waals surface area contributed by atoms with Gasteiger partial charge in [0, 0.05) is 6.61 Å². The lowest BCUT2D eigenvalue weighted by molar-refractivity contribution is 0.191. The minimum atomic E-state index is -3.98. The number of allylic oxidation sites excluding steroid dienone is 1. The topological polar surface area (TPSA) is 105 Å². The zero-order chi connectivity index (χ0) is 19.8. The molecule has 1 aromatic carbocycles. The third kappa shape index (κ3) is 3.66. The molecular formula is C18H23ClN2O5S. The smallest absolute Gasteiger partial charge is 0.319 e. The molecule has 1 aliphatic heterocycles. The maximum absolute atomic E-state index is 13.1. The van der Waals surface area contributed by atoms with Crippen LogP contribution < -0.4 is 10.6 Å². The number of anilines is 1. The van der Waals surface area contributed by atoms with Gasteiger partial charge in [-0.1, -0.05) is 23.3 Å². The van der Waals surface area contributed by atoms with E-state index in [0.717, 1.165) is 18.4 Å². The Morgan fingerprint density at radius 1 is 1.41 bits per heavy atom. The minimum Gasteiger partial charge on any atom is -0.504 e. The van der Waals surface area contributed by atoms with E-state index in [4.69, 9.17) is 16.3 Å². The SMILES string of the molecule is CC1=CCC[C@@H]1NC(=O)Nc1ccc(Cl)c(S(=O)(=O)C2(C)CCOC2)c1O. The number of aromatic hydroxyl groups is 1. The van der Waals surface area contributed by atoms with Crippen molar-refractivity contribution in [2.75, 3.05) is 18.5 Å². The normalized spacial score (nSPS) is 25.3. The number of rotatable bonds is 4. The van der Waals surface area contributed by atoms with Crippen LogP contribution in [-0.2, 0) is 14.6 Å². The van der Waals surface area contributed by atoms with Crippen LogP contribution in [0.15, 0.2) is 28.7 Å². The van der Waals surface area contributed by atoms with Crippen molar-refractivity contribution in [2.45, 2.75) is 48.8 Å². The monoisotopic (exact) mass is 414 g/mol. The van der Waals surface area contributed by atoms with Gasteiger partial charge >= 0.3 is 6.03 Å². The molecule has 1 fully saturated rings. The van der Waals surface area contributed by atoms with Crippen molar-refractivity contribution in [2.24, 2.45) is 0 Å². The van der Waals surface area contributed by atoms with E-state index >= 15 is 0 Å². The minimum absolute atomic E-state index is 0.0161. The number of nitrogens with one attached hydrogen (secondary N) is 2. The second-order valence-electron chi connectivity index (χ2n) is 7.21. The Bertz CT molecular complexity index is 891. The molecule has 2 amide bonds. The molecule has 27 heavy (non-hydrogen) atoms. The van der Waals surface area contributed by atoms with Gasteiger partial charge in [0.25, 0.3) is 0 Å². The summed E-state index contributed by atoms with van der Waals surface area (Å²) in [6.07, 6.45) is 4.06. The van der Waals surface area contributed by atoms with Crippen LogP contribution in [0, 0.1) is 0 Å². The number of phenolic OH excluding ortho intramolecular Hbond substituents is 1. The van der Waals surface area contributed by atoms with Gasteiger partial charge in [-0.2, -0.15) is 0 Å². The van der Waals surface area contributed by atoms with Crippen molar-refractivity contribution < 1.29 is 23.1 Å². The zero-order valence-electron chi connectivity index (χ0n) is 15.2. The summed E-state index contributed by atoms with van der Waals surface area (Å²) >= 11 is 6.10. The summed E-state index contributed by atoms with van der Waals surface area (Å²) in [6, 6.07) is 2.13. The van der Waals surface area contributed by atoms with Crippen molar-refractivity contribution in [3.63, 3.8) is 0 Å². The number of halogens is 1. The highest BCUT2D eigenvalue weighted by molar-refractivity contribution is 7.93. The average molecular weight is 415 g/mol. The molecule has 2 aliphatic rings. The molecule has 0 aromatic heterocycles. The number of urea groups is 1. The Balaban J connectivity index is 1.87.